The zero-order valence-corrected chi connectivity index (χ0v) is 19.7. The molecule has 0 aromatic heterocycles. The zero-order chi connectivity index (χ0) is 10.7. The predicted octanol–water partition coefficient (Wildman–Crippen LogP) is -8.89. The van der Waals surface area contributed by atoms with E-state index in [2.05, 4.69) is 0 Å². The van der Waals surface area contributed by atoms with Gasteiger partial charge in [0, 0.05) is 0 Å². The molecule has 63 valence electrons. The fourth-order valence-corrected chi connectivity index (χ4v) is 1.26. The van der Waals surface area contributed by atoms with Crippen LogP contribution >= 0.6 is 0 Å². The van der Waals surface area contributed by atoms with Crippen LogP contribution in [0, 0.1) is 61.2 Å². The van der Waals surface area contributed by atoms with Crippen molar-refractivity contribution in [1.82, 2.24) is 0 Å². The topological polar surface area (TPSA) is 143 Å². The van der Waals surface area contributed by atoms with Crippen LogP contribution in [-0.4, -0.2) is 0 Å². The first-order chi connectivity index (χ1) is 5.97. The first-order valence-electron chi connectivity index (χ1n) is 2.57. The quantitative estimate of drug-likeness (QED) is 0.405. The van der Waals surface area contributed by atoms with Crippen LogP contribution in [0.15, 0.2) is 0 Å². The average Bonchev–Trinajstić information content (AvgIpc) is 2.26. The molecule has 0 N–H and O–H groups in total. The maximum atomic E-state index is 8.59. The van der Waals surface area contributed by atoms with Crippen LogP contribution in [0.2, 0.25) is 0 Å². The molecule has 16 heavy (non-hydrogen) atoms. The Morgan fingerprint density at radius 1 is 0.438 bits per heavy atom. The molecule has 0 heterocycles. The number of nitriles is 6. The van der Waals surface area contributed by atoms with Crippen molar-refractivity contribution in [3.8, 4) is 29.6 Å². The Balaban J connectivity index is -0.000000240. The third-order valence-electron chi connectivity index (χ3n) is 1.37. The molecule has 0 aliphatic rings. The van der Waals surface area contributed by atoms with Gasteiger partial charge in [-0.05, 0) is 0 Å². The van der Waals surface area contributed by atoms with Gasteiger partial charge in [-0.15, -0.1) is 0 Å². The summed E-state index contributed by atoms with van der Waals surface area (Å²) in [5.41, 5.74) is 0. The molecule has 0 aliphatic carbocycles. The Morgan fingerprint density at radius 2 is 0.562 bits per heavy atom. The molecule has 0 amide bonds. The van der Waals surface area contributed by atoms with Crippen LogP contribution in [0.4, 0.5) is 0 Å². The Labute approximate surface area is 219 Å². The van der Waals surface area contributed by atoms with Gasteiger partial charge in [0.25, 0.3) is 0 Å². The smallest absolute Gasteiger partial charge is 1.00 e. The fraction of sp³-hybridized carbons (Fsp3) is 0. The number of hydrogen-bond acceptors (Lipinski definition) is 6. The van der Waals surface area contributed by atoms with Crippen molar-refractivity contribution < 1.29 is 165 Å². The monoisotopic (exact) mass is 325 g/mol. The van der Waals surface area contributed by atoms with Crippen molar-refractivity contribution in [2.75, 3.05) is 0 Å². The Bertz CT molecular complexity index is 398. The van der Waals surface area contributed by atoms with Crippen LogP contribution in [0.1, 0.15) is 0 Å². The van der Waals surface area contributed by atoms with Crippen LogP contribution in [0.3, 0.4) is 0 Å². The van der Waals surface area contributed by atoms with Gasteiger partial charge in [0.2, 0.25) is 0 Å². The summed E-state index contributed by atoms with van der Waals surface area (Å²) in [4.78, 5) is 6.31. The van der Waals surface area contributed by atoms with E-state index in [1.807, 2.05) is 0 Å². The van der Waals surface area contributed by atoms with E-state index >= 15 is 0 Å². The summed E-state index contributed by atoms with van der Waals surface area (Å²) < 4.78 is 0. The standard InChI is InChI=1S/6CN.Cr.3K/c6*1-2;;;;/q;;;;;;-3;3*+1. The Kier molecular flexibility index (Phi) is 14.3. The molecule has 0 fully saturated rings. The van der Waals surface area contributed by atoms with Gasteiger partial charge >= 0.3 is 226 Å². The maximum absolute atomic E-state index is 8.59. The molecule has 0 saturated heterocycles. The van der Waals surface area contributed by atoms with Crippen molar-refractivity contribution in [3.63, 3.8) is 0 Å². The second kappa shape index (κ2) is 8.53. The molecule has 0 bridgehead atoms. The molecule has 0 aromatic rings. The zero-order valence-electron chi connectivity index (χ0n) is 9.09. The first-order valence-corrected chi connectivity index (χ1v) is 6.39. The van der Waals surface area contributed by atoms with Gasteiger partial charge in [0.15, 0.2) is 0 Å². The van der Waals surface area contributed by atoms with E-state index in [1.54, 1.807) is 0 Å². The summed E-state index contributed by atoms with van der Waals surface area (Å²) in [7, 11) is -6.43. The summed E-state index contributed by atoms with van der Waals surface area (Å²) in [5.74, 6) is 0. The van der Waals surface area contributed by atoms with Crippen LogP contribution in [0.5, 0.6) is 0 Å². The van der Waals surface area contributed by atoms with Gasteiger partial charge in [-0.25, -0.2) is 0 Å². The summed E-state index contributed by atoms with van der Waals surface area (Å²) in [6.45, 7) is 0. The number of rotatable bonds is 0. The summed E-state index contributed by atoms with van der Waals surface area (Å²) in [6.07, 6.45) is 0. The normalized spacial score (nSPS) is 10.9. The fourth-order valence-electron chi connectivity index (χ4n) is 0.306. The van der Waals surface area contributed by atoms with Crippen molar-refractivity contribution in [2.24, 2.45) is 0 Å². The minimum Gasteiger partial charge on any atom is 1.00 e. The van der Waals surface area contributed by atoms with E-state index in [0.717, 1.165) is 29.6 Å². The summed E-state index contributed by atoms with van der Waals surface area (Å²) in [5, 5.41) is 51.5. The maximum Gasteiger partial charge on any atom is 1.00 e. The molecular weight excluding hydrogens is 325 g/mol. The van der Waals surface area contributed by atoms with Crippen LogP contribution in [0.25, 0.3) is 0 Å². The third kappa shape index (κ3) is 3.70. The molecule has 0 rings (SSSR count). The van der Waals surface area contributed by atoms with Gasteiger partial charge in [-0.1, -0.05) is 0 Å². The molecular formula is C6CrK3N6. The van der Waals surface area contributed by atoms with Crippen LogP contribution < -0.4 is 154 Å². The average molecular weight is 325 g/mol. The van der Waals surface area contributed by atoms with E-state index in [0.29, 0.717) is 0 Å². The van der Waals surface area contributed by atoms with Crippen molar-refractivity contribution in [2.45, 2.75) is 0 Å². The third-order valence-corrected chi connectivity index (χ3v) is 5.65. The number of hydrogen-bond donors (Lipinski definition) is 0. The van der Waals surface area contributed by atoms with Crippen molar-refractivity contribution >= 4 is 0 Å². The van der Waals surface area contributed by atoms with Gasteiger partial charge in [-0.2, -0.15) is 0 Å². The SMILES string of the molecule is N#[C][Cr-3]([C]#N)([C]#N)([C]#N)([C]#N)[C]#N.[K+].[K+].[K+]. The Hall–Kier alpha value is 2.38. The van der Waals surface area contributed by atoms with Crippen LogP contribution in [-0.2, 0) is 10.9 Å². The molecule has 0 saturated carbocycles. The predicted molar refractivity (Wildman–Crippen MR) is 33.7 cm³/mol. The Morgan fingerprint density at radius 3 is 0.562 bits per heavy atom. The van der Waals surface area contributed by atoms with E-state index in [1.165, 1.54) is 0 Å². The molecule has 0 atom stereocenters. The van der Waals surface area contributed by atoms with E-state index in [-0.39, 0.29) is 154 Å². The van der Waals surface area contributed by atoms with E-state index in [9.17, 15) is 0 Å². The van der Waals surface area contributed by atoms with Gasteiger partial charge in [0.05, 0.1) is 0 Å². The van der Waals surface area contributed by atoms with Gasteiger partial charge in [-0.3, -0.25) is 0 Å². The summed E-state index contributed by atoms with van der Waals surface area (Å²) >= 11 is 0. The second-order valence-corrected chi connectivity index (χ2v) is 8.57. The molecule has 0 spiro atoms. The molecule has 6 nitrogen and oxygen atoms in total. The minimum absolute atomic E-state index is 0. The molecule has 0 aliphatic heterocycles. The van der Waals surface area contributed by atoms with Gasteiger partial charge in [0.1, 0.15) is 0 Å². The molecule has 10 heteroatoms. The van der Waals surface area contributed by atoms with Gasteiger partial charge < -0.3 is 0 Å². The van der Waals surface area contributed by atoms with Crippen molar-refractivity contribution in [3.05, 3.63) is 0 Å². The molecule has 0 unspecified atom stereocenters. The van der Waals surface area contributed by atoms with Crippen molar-refractivity contribution in [1.29, 1.82) is 31.6 Å². The van der Waals surface area contributed by atoms with E-state index in [4.69, 9.17) is 31.6 Å². The molecule has 0 aromatic carbocycles. The number of nitrogens with zero attached hydrogens (tertiary/aromatic N) is 6. The van der Waals surface area contributed by atoms with E-state index < -0.39 is 10.9 Å². The molecule has 0 radical (unpaired) electrons. The minimum atomic E-state index is -6.43. The second-order valence-electron chi connectivity index (χ2n) is 2.08. The summed E-state index contributed by atoms with van der Waals surface area (Å²) in [6, 6.07) is 0. The largest absolute Gasteiger partial charge is 1.00 e. The first kappa shape index (κ1) is 26.9.